The molecular weight excluding hydrogens is 303 g/mol. The van der Waals surface area contributed by atoms with Crippen LogP contribution in [0.4, 0.5) is 15.8 Å². The molecule has 0 bridgehead atoms. The van der Waals surface area contributed by atoms with Crippen molar-refractivity contribution in [2.75, 3.05) is 17.1 Å². The average molecular weight is 315 g/mol. The summed E-state index contributed by atoms with van der Waals surface area (Å²) in [6.45, 7) is 0. The van der Waals surface area contributed by atoms with E-state index < -0.39 is 15.8 Å². The van der Waals surface area contributed by atoms with Crippen LogP contribution in [0.15, 0.2) is 47.4 Å². The average Bonchev–Trinajstić information content (AvgIpc) is 2.41. The van der Waals surface area contributed by atoms with E-state index in [1.54, 1.807) is 12.1 Å². The molecule has 2 aromatic rings. The molecule has 0 aliphatic carbocycles. The van der Waals surface area contributed by atoms with Gasteiger partial charge in [0.1, 0.15) is 5.82 Å². The Morgan fingerprint density at radius 3 is 2.50 bits per heavy atom. The number of benzene rings is 2. The van der Waals surface area contributed by atoms with Crippen LogP contribution in [0, 0.1) is 5.82 Å². The Kier molecular flexibility index (Phi) is 3.87. The zero-order valence-corrected chi connectivity index (χ0v) is 12.1. The first kappa shape index (κ1) is 14.6. The second-order valence-corrected chi connectivity index (χ2v) is 6.54. The Hall–Kier alpha value is -1.79. The molecule has 20 heavy (non-hydrogen) atoms. The van der Waals surface area contributed by atoms with E-state index in [1.807, 2.05) is 0 Å². The minimum Gasteiger partial charge on any atom is -0.396 e. The first-order chi connectivity index (χ1) is 9.32. The quantitative estimate of drug-likeness (QED) is 0.886. The van der Waals surface area contributed by atoms with Crippen molar-refractivity contribution in [3.63, 3.8) is 0 Å². The smallest absolute Gasteiger partial charge is 0.264 e. The number of nitrogens with two attached hydrogens (primary N) is 1. The Bertz CT molecular complexity index is 750. The normalized spacial score (nSPS) is 11.3. The molecule has 0 saturated carbocycles. The molecule has 0 aliphatic rings. The van der Waals surface area contributed by atoms with E-state index in [4.69, 9.17) is 17.3 Å². The fourth-order valence-electron chi connectivity index (χ4n) is 1.65. The van der Waals surface area contributed by atoms with Crippen molar-refractivity contribution in [1.82, 2.24) is 0 Å². The highest BCUT2D eigenvalue weighted by molar-refractivity contribution is 7.92. The molecule has 0 saturated heterocycles. The largest absolute Gasteiger partial charge is 0.396 e. The standard InChI is InChI=1S/C13H12ClFN2O2S/c1-17(10-5-6-12(15)13(16)8-10)20(18,19)11-4-2-3-9(14)7-11/h2-8H,16H2,1H3. The van der Waals surface area contributed by atoms with Crippen molar-refractivity contribution in [3.05, 3.63) is 53.3 Å². The first-order valence-corrected chi connectivity index (χ1v) is 7.43. The van der Waals surface area contributed by atoms with Crippen LogP contribution in [0.5, 0.6) is 0 Å². The lowest BCUT2D eigenvalue weighted by Crippen LogP contribution is -2.26. The molecule has 0 spiro atoms. The van der Waals surface area contributed by atoms with E-state index in [1.165, 1.54) is 31.3 Å². The van der Waals surface area contributed by atoms with Crippen LogP contribution in [-0.4, -0.2) is 15.5 Å². The highest BCUT2D eigenvalue weighted by atomic mass is 35.5. The number of hydrogen-bond donors (Lipinski definition) is 1. The highest BCUT2D eigenvalue weighted by Gasteiger charge is 2.22. The maximum absolute atomic E-state index is 13.1. The molecular formula is C13H12ClFN2O2S. The van der Waals surface area contributed by atoms with E-state index in [9.17, 15) is 12.8 Å². The van der Waals surface area contributed by atoms with E-state index in [-0.39, 0.29) is 16.3 Å². The zero-order chi connectivity index (χ0) is 14.9. The third-order valence-corrected chi connectivity index (χ3v) is 4.81. The van der Waals surface area contributed by atoms with E-state index in [2.05, 4.69) is 0 Å². The number of nitrogen functional groups attached to an aromatic ring is 1. The summed E-state index contributed by atoms with van der Waals surface area (Å²) in [5.41, 5.74) is 5.60. The Morgan fingerprint density at radius 1 is 1.20 bits per heavy atom. The molecule has 0 atom stereocenters. The van der Waals surface area contributed by atoms with Crippen LogP contribution in [0.2, 0.25) is 5.02 Å². The van der Waals surface area contributed by atoms with Crippen LogP contribution < -0.4 is 10.0 Å². The van der Waals surface area contributed by atoms with Gasteiger partial charge in [-0.2, -0.15) is 0 Å². The van der Waals surface area contributed by atoms with Gasteiger partial charge in [0.15, 0.2) is 0 Å². The minimum absolute atomic E-state index is 0.0513. The second kappa shape index (κ2) is 5.30. The van der Waals surface area contributed by atoms with Gasteiger partial charge in [0, 0.05) is 12.1 Å². The maximum atomic E-state index is 13.1. The molecule has 2 N–H and O–H groups in total. The fraction of sp³-hybridized carbons (Fsp3) is 0.0769. The summed E-state index contributed by atoms with van der Waals surface area (Å²) in [5.74, 6) is -0.595. The van der Waals surface area contributed by atoms with E-state index in [0.29, 0.717) is 5.02 Å². The lowest BCUT2D eigenvalue weighted by Gasteiger charge is -2.20. The summed E-state index contributed by atoms with van der Waals surface area (Å²) in [6, 6.07) is 9.63. The number of rotatable bonds is 3. The summed E-state index contributed by atoms with van der Waals surface area (Å²) in [7, 11) is -2.41. The third kappa shape index (κ3) is 2.71. The second-order valence-electron chi connectivity index (χ2n) is 4.14. The van der Waals surface area contributed by atoms with Crippen LogP contribution in [-0.2, 0) is 10.0 Å². The molecule has 7 heteroatoms. The third-order valence-electron chi connectivity index (χ3n) is 2.80. The van der Waals surface area contributed by atoms with Crippen molar-refractivity contribution in [1.29, 1.82) is 0 Å². The summed E-state index contributed by atoms with van der Waals surface area (Å²) in [6.07, 6.45) is 0. The molecule has 0 amide bonds. The lowest BCUT2D eigenvalue weighted by molar-refractivity contribution is 0.594. The molecule has 0 heterocycles. The first-order valence-electron chi connectivity index (χ1n) is 5.62. The molecule has 2 rings (SSSR count). The van der Waals surface area contributed by atoms with Crippen molar-refractivity contribution in [2.45, 2.75) is 4.90 Å². The van der Waals surface area contributed by atoms with Crippen LogP contribution in [0.3, 0.4) is 0 Å². The van der Waals surface area contributed by atoms with Gasteiger partial charge in [0.05, 0.1) is 16.3 Å². The molecule has 0 unspecified atom stereocenters. The lowest BCUT2D eigenvalue weighted by atomic mass is 10.3. The van der Waals surface area contributed by atoms with Gasteiger partial charge in [-0.05, 0) is 36.4 Å². The van der Waals surface area contributed by atoms with Crippen LogP contribution in [0.1, 0.15) is 0 Å². The summed E-state index contributed by atoms with van der Waals surface area (Å²) < 4.78 is 39.0. The van der Waals surface area contributed by atoms with Gasteiger partial charge in [-0.1, -0.05) is 17.7 Å². The summed E-state index contributed by atoms with van der Waals surface area (Å²) >= 11 is 5.80. The van der Waals surface area contributed by atoms with Crippen molar-refractivity contribution in [3.8, 4) is 0 Å². The number of hydrogen-bond acceptors (Lipinski definition) is 3. The van der Waals surface area contributed by atoms with E-state index in [0.717, 1.165) is 10.4 Å². The van der Waals surface area contributed by atoms with Gasteiger partial charge in [0.25, 0.3) is 10.0 Å². The summed E-state index contributed by atoms with van der Waals surface area (Å²) in [5, 5.41) is 0.318. The van der Waals surface area contributed by atoms with Crippen LogP contribution in [0.25, 0.3) is 0 Å². The highest BCUT2D eigenvalue weighted by Crippen LogP contribution is 2.26. The van der Waals surface area contributed by atoms with Crippen molar-refractivity contribution in [2.24, 2.45) is 0 Å². The van der Waals surface area contributed by atoms with E-state index >= 15 is 0 Å². The van der Waals surface area contributed by atoms with Gasteiger partial charge < -0.3 is 5.73 Å². The topological polar surface area (TPSA) is 63.4 Å². The molecule has 0 radical (unpaired) electrons. The molecule has 0 fully saturated rings. The van der Waals surface area contributed by atoms with Gasteiger partial charge in [-0.25, -0.2) is 12.8 Å². The maximum Gasteiger partial charge on any atom is 0.264 e. The van der Waals surface area contributed by atoms with Gasteiger partial charge in [0.2, 0.25) is 0 Å². The summed E-state index contributed by atoms with van der Waals surface area (Å²) in [4.78, 5) is 0.0513. The van der Waals surface area contributed by atoms with Crippen molar-refractivity contribution >= 4 is 33.0 Å². The number of halogens is 2. The number of anilines is 2. The molecule has 2 aromatic carbocycles. The number of sulfonamides is 1. The predicted molar refractivity (Wildman–Crippen MR) is 77.9 cm³/mol. The monoisotopic (exact) mass is 314 g/mol. The fourth-order valence-corrected chi connectivity index (χ4v) is 3.14. The van der Waals surface area contributed by atoms with Crippen LogP contribution >= 0.6 is 11.6 Å². The Morgan fingerprint density at radius 2 is 1.90 bits per heavy atom. The SMILES string of the molecule is CN(c1ccc(F)c(N)c1)S(=O)(=O)c1cccc(Cl)c1. The molecule has 106 valence electrons. The molecule has 0 aromatic heterocycles. The Labute approximate surface area is 121 Å². The predicted octanol–water partition coefficient (Wildman–Crippen LogP) is 2.89. The van der Waals surface area contributed by atoms with Gasteiger partial charge in [-0.15, -0.1) is 0 Å². The zero-order valence-electron chi connectivity index (χ0n) is 10.5. The van der Waals surface area contributed by atoms with Gasteiger partial charge >= 0.3 is 0 Å². The molecule has 4 nitrogen and oxygen atoms in total. The number of nitrogens with zero attached hydrogens (tertiary/aromatic N) is 1. The van der Waals surface area contributed by atoms with Crippen molar-refractivity contribution < 1.29 is 12.8 Å². The Balaban J connectivity index is 2.46. The van der Waals surface area contributed by atoms with Gasteiger partial charge in [-0.3, -0.25) is 4.31 Å². The minimum atomic E-state index is -3.77. The molecule has 0 aliphatic heterocycles.